The van der Waals surface area contributed by atoms with E-state index in [1.54, 1.807) is 0 Å². The molecule has 3 rings (SSSR count). The molecule has 2 atom stereocenters. The molecular weight excluding hydrogens is 264 g/mol. The van der Waals surface area contributed by atoms with Crippen LogP contribution >= 0.6 is 0 Å². The van der Waals surface area contributed by atoms with Gasteiger partial charge in [0.05, 0.1) is 0 Å². The molecule has 0 aromatic heterocycles. The van der Waals surface area contributed by atoms with E-state index in [2.05, 4.69) is 34.1 Å². The lowest BCUT2D eigenvalue weighted by atomic mass is 9.84. The number of rotatable bonds is 2. The molecule has 2 aliphatic rings. The number of nitrogens with zero attached hydrogens (tertiary/aromatic N) is 3. The Morgan fingerprint density at radius 3 is 2.71 bits per heavy atom. The van der Waals surface area contributed by atoms with Gasteiger partial charge in [-0.05, 0) is 63.0 Å². The third-order valence-corrected chi connectivity index (χ3v) is 4.98. The van der Waals surface area contributed by atoms with Crippen LogP contribution in [-0.2, 0) is 0 Å². The molecule has 2 saturated heterocycles. The van der Waals surface area contributed by atoms with Crippen molar-refractivity contribution in [2.45, 2.75) is 25.3 Å². The summed E-state index contributed by atoms with van der Waals surface area (Å²) in [5.74, 6) is 0.940. The van der Waals surface area contributed by atoms with Gasteiger partial charge >= 0.3 is 0 Å². The van der Waals surface area contributed by atoms with Crippen molar-refractivity contribution in [2.24, 2.45) is 16.8 Å². The number of likely N-dealkylation sites (tertiary alicyclic amines) is 1. The van der Waals surface area contributed by atoms with E-state index in [0.29, 0.717) is 0 Å². The SMILES string of the molecule is CN1CCCC2CN(c3ccc(/C(N)=N/O)cc3)CCC21. The summed E-state index contributed by atoms with van der Waals surface area (Å²) < 4.78 is 0. The van der Waals surface area contributed by atoms with Crippen LogP contribution in [-0.4, -0.2) is 48.7 Å². The number of piperidine rings is 2. The number of fused-ring (bicyclic) bond motifs is 1. The second-order valence-corrected chi connectivity index (χ2v) is 6.22. The first-order chi connectivity index (χ1) is 10.2. The maximum absolute atomic E-state index is 8.71. The summed E-state index contributed by atoms with van der Waals surface area (Å²) >= 11 is 0. The largest absolute Gasteiger partial charge is 0.409 e. The normalized spacial score (nSPS) is 27.5. The Hall–Kier alpha value is -1.75. The second kappa shape index (κ2) is 5.93. The van der Waals surface area contributed by atoms with Gasteiger partial charge in [-0.3, -0.25) is 0 Å². The molecule has 0 spiro atoms. The summed E-state index contributed by atoms with van der Waals surface area (Å²) in [7, 11) is 2.26. The van der Waals surface area contributed by atoms with Crippen LogP contribution in [0.5, 0.6) is 0 Å². The number of benzene rings is 1. The lowest BCUT2D eigenvalue weighted by Gasteiger charge is -2.46. The monoisotopic (exact) mass is 288 g/mol. The van der Waals surface area contributed by atoms with Crippen LogP contribution in [0.15, 0.2) is 29.4 Å². The Kier molecular flexibility index (Phi) is 4.01. The number of hydrogen-bond donors (Lipinski definition) is 2. The molecule has 5 nitrogen and oxygen atoms in total. The van der Waals surface area contributed by atoms with Crippen LogP contribution in [0.2, 0.25) is 0 Å². The highest BCUT2D eigenvalue weighted by atomic mass is 16.4. The molecule has 21 heavy (non-hydrogen) atoms. The van der Waals surface area contributed by atoms with Gasteiger partial charge in [0.2, 0.25) is 0 Å². The Morgan fingerprint density at radius 1 is 1.24 bits per heavy atom. The van der Waals surface area contributed by atoms with Crippen molar-refractivity contribution in [1.82, 2.24) is 4.90 Å². The fourth-order valence-electron chi connectivity index (χ4n) is 3.79. The third kappa shape index (κ3) is 2.83. The van der Waals surface area contributed by atoms with Gasteiger partial charge in [0.15, 0.2) is 5.84 Å². The van der Waals surface area contributed by atoms with E-state index in [1.165, 1.54) is 31.5 Å². The van der Waals surface area contributed by atoms with Gasteiger partial charge in [-0.1, -0.05) is 5.16 Å². The zero-order valence-corrected chi connectivity index (χ0v) is 12.6. The highest BCUT2D eigenvalue weighted by Crippen LogP contribution is 2.31. The van der Waals surface area contributed by atoms with E-state index in [4.69, 9.17) is 10.9 Å². The van der Waals surface area contributed by atoms with E-state index in [-0.39, 0.29) is 5.84 Å². The first kappa shape index (κ1) is 14.2. The first-order valence-electron chi connectivity index (χ1n) is 7.72. The van der Waals surface area contributed by atoms with E-state index in [0.717, 1.165) is 30.6 Å². The van der Waals surface area contributed by atoms with Gasteiger partial charge in [0, 0.05) is 30.4 Å². The van der Waals surface area contributed by atoms with Crippen molar-refractivity contribution in [2.75, 3.05) is 31.6 Å². The topological polar surface area (TPSA) is 65.1 Å². The Bertz CT molecular complexity index is 514. The third-order valence-electron chi connectivity index (χ3n) is 4.98. The fraction of sp³-hybridized carbons (Fsp3) is 0.562. The van der Waals surface area contributed by atoms with Gasteiger partial charge in [0.1, 0.15) is 0 Å². The zero-order chi connectivity index (χ0) is 14.8. The Labute approximate surface area is 126 Å². The minimum absolute atomic E-state index is 0.161. The average molecular weight is 288 g/mol. The summed E-state index contributed by atoms with van der Waals surface area (Å²) in [6.07, 6.45) is 3.89. The maximum Gasteiger partial charge on any atom is 0.170 e. The molecule has 2 aliphatic heterocycles. The molecule has 1 aromatic carbocycles. The molecule has 0 amide bonds. The molecule has 114 valence electrons. The number of nitrogens with two attached hydrogens (primary N) is 1. The molecule has 3 N–H and O–H groups in total. The number of oxime groups is 1. The van der Waals surface area contributed by atoms with Crippen molar-refractivity contribution in [3.63, 3.8) is 0 Å². The molecule has 0 saturated carbocycles. The Balaban J connectivity index is 1.70. The molecule has 1 aromatic rings. The second-order valence-electron chi connectivity index (χ2n) is 6.22. The van der Waals surface area contributed by atoms with E-state index < -0.39 is 0 Å². The van der Waals surface area contributed by atoms with Crippen molar-refractivity contribution in [1.29, 1.82) is 0 Å². The highest BCUT2D eigenvalue weighted by Gasteiger charge is 2.34. The van der Waals surface area contributed by atoms with Crippen LogP contribution in [0.1, 0.15) is 24.8 Å². The van der Waals surface area contributed by atoms with Crippen LogP contribution in [0, 0.1) is 5.92 Å². The molecule has 0 bridgehead atoms. The molecule has 0 aliphatic carbocycles. The number of amidine groups is 1. The van der Waals surface area contributed by atoms with E-state index in [9.17, 15) is 0 Å². The van der Waals surface area contributed by atoms with Crippen molar-refractivity contribution < 1.29 is 5.21 Å². The summed E-state index contributed by atoms with van der Waals surface area (Å²) in [5.41, 5.74) is 7.60. The lowest BCUT2D eigenvalue weighted by molar-refractivity contribution is 0.102. The predicted molar refractivity (Wildman–Crippen MR) is 84.9 cm³/mol. The van der Waals surface area contributed by atoms with Crippen LogP contribution in [0.25, 0.3) is 0 Å². The van der Waals surface area contributed by atoms with Crippen LogP contribution in [0.3, 0.4) is 0 Å². The van der Waals surface area contributed by atoms with Gasteiger partial charge < -0.3 is 20.7 Å². The summed E-state index contributed by atoms with van der Waals surface area (Å²) in [6.45, 7) is 3.49. The quantitative estimate of drug-likeness (QED) is 0.376. The van der Waals surface area contributed by atoms with Crippen LogP contribution in [0.4, 0.5) is 5.69 Å². The van der Waals surface area contributed by atoms with Crippen molar-refractivity contribution in [3.05, 3.63) is 29.8 Å². The van der Waals surface area contributed by atoms with Gasteiger partial charge in [-0.15, -0.1) is 0 Å². The molecule has 2 unspecified atom stereocenters. The van der Waals surface area contributed by atoms with Gasteiger partial charge in [-0.25, -0.2) is 0 Å². The minimum Gasteiger partial charge on any atom is -0.409 e. The number of anilines is 1. The minimum atomic E-state index is 0.161. The van der Waals surface area contributed by atoms with Crippen molar-refractivity contribution >= 4 is 11.5 Å². The standard InChI is InChI=1S/C16H24N4O/c1-19-9-2-3-13-11-20(10-8-15(13)19)14-6-4-12(5-7-14)16(17)18-21/h4-7,13,15,21H,2-3,8-11H2,1H3,(H2,17,18). The predicted octanol–water partition coefficient (Wildman–Crippen LogP) is 1.70. The highest BCUT2D eigenvalue weighted by molar-refractivity contribution is 5.97. The summed E-state index contributed by atoms with van der Waals surface area (Å²) in [4.78, 5) is 5.00. The average Bonchev–Trinajstić information content (AvgIpc) is 2.54. The van der Waals surface area contributed by atoms with E-state index in [1.807, 2.05) is 12.1 Å². The van der Waals surface area contributed by atoms with Gasteiger partial charge in [0.25, 0.3) is 0 Å². The number of hydrogen-bond acceptors (Lipinski definition) is 4. The van der Waals surface area contributed by atoms with Crippen molar-refractivity contribution in [3.8, 4) is 0 Å². The smallest absolute Gasteiger partial charge is 0.170 e. The summed E-state index contributed by atoms with van der Waals surface area (Å²) in [5, 5.41) is 11.7. The summed E-state index contributed by atoms with van der Waals surface area (Å²) in [6, 6.07) is 8.74. The van der Waals surface area contributed by atoms with E-state index >= 15 is 0 Å². The molecular formula is C16H24N4O. The maximum atomic E-state index is 8.71. The Morgan fingerprint density at radius 2 is 2.00 bits per heavy atom. The molecule has 2 fully saturated rings. The van der Waals surface area contributed by atoms with Crippen LogP contribution < -0.4 is 10.6 Å². The van der Waals surface area contributed by atoms with Gasteiger partial charge in [-0.2, -0.15) is 0 Å². The molecule has 2 heterocycles. The fourth-order valence-corrected chi connectivity index (χ4v) is 3.79. The molecule has 0 radical (unpaired) electrons. The lowest BCUT2D eigenvalue weighted by Crippen LogP contribution is -2.52. The zero-order valence-electron chi connectivity index (χ0n) is 12.6. The molecule has 5 heteroatoms. The first-order valence-corrected chi connectivity index (χ1v) is 7.72.